The fourth-order valence-corrected chi connectivity index (χ4v) is 3.04. The smallest absolute Gasteiger partial charge is 0.145 e. The monoisotopic (exact) mass is 377 g/mol. The maximum atomic E-state index is 5.97. The Morgan fingerprint density at radius 1 is 0.964 bits per heavy atom. The van der Waals surface area contributed by atoms with Gasteiger partial charge in [0.1, 0.15) is 22.8 Å². The second kappa shape index (κ2) is 9.79. The van der Waals surface area contributed by atoms with Crippen molar-refractivity contribution in [2.24, 2.45) is 0 Å². The van der Waals surface area contributed by atoms with E-state index < -0.39 is 0 Å². The van der Waals surface area contributed by atoms with Crippen LogP contribution in [0.25, 0.3) is 10.9 Å². The number of para-hydroxylation sites is 1. The van der Waals surface area contributed by atoms with E-state index in [-0.39, 0.29) is 0 Å². The summed E-state index contributed by atoms with van der Waals surface area (Å²) in [5.74, 6) is 2.55. The van der Waals surface area contributed by atoms with Gasteiger partial charge in [-0.2, -0.15) is 0 Å². The van der Waals surface area contributed by atoms with Gasteiger partial charge in [0.25, 0.3) is 0 Å². The molecule has 3 rings (SSSR count). The van der Waals surface area contributed by atoms with Crippen LogP contribution in [0.4, 0.5) is 0 Å². The number of pyridine rings is 1. The molecule has 0 aliphatic heterocycles. The second-order valence-electron chi connectivity index (χ2n) is 6.65. The van der Waals surface area contributed by atoms with Crippen molar-refractivity contribution in [3.8, 4) is 17.2 Å². The van der Waals surface area contributed by atoms with E-state index in [4.69, 9.17) is 14.2 Å². The van der Waals surface area contributed by atoms with Gasteiger partial charge < -0.3 is 14.2 Å². The zero-order valence-electron chi connectivity index (χ0n) is 16.6. The highest BCUT2D eigenvalue weighted by atomic mass is 16.5. The molecule has 4 nitrogen and oxygen atoms in total. The number of nitrogens with zero attached hydrogens (tertiary/aromatic N) is 1. The van der Waals surface area contributed by atoms with E-state index in [2.05, 4.69) is 23.7 Å². The Labute approximate surface area is 166 Å². The molecule has 0 radical (unpaired) electrons. The minimum Gasteiger partial charge on any atom is -0.497 e. The van der Waals surface area contributed by atoms with Gasteiger partial charge in [-0.25, -0.2) is 4.98 Å². The number of hydrogen-bond acceptors (Lipinski definition) is 4. The molecule has 0 N–H and O–H groups in total. The molecule has 4 heteroatoms. The van der Waals surface area contributed by atoms with Crippen molar-refractivity contribution in [2.75, 3.05) is 20.3 Å². The zero-order chi connectivity index (χ0) is 19.8. The molecule has 1 aromatic heterocycles. The summed E-state index contributed by atoms with van der Waals surface area (Å²) in [6.45, 7) is 7.09. The summed E-state index contributed by atoms with van der Waals surface area (Å²) in [7, 11) is 1.67. The van der Waals surface area contributed by atoms with E-state index in [1.807, 2.05) is 49.4 Å². The van der Waals surface area contributed by atoms with Crippen molar-refractivity contribution in [1.29, 1.82) is 0 Å². The average Bonchev–Trinajstić information content (AvgIpc) is 2.71. The Kier molecular flexibility index (Phi) is 6.90. The van der Waals surface area contributed by atoms with Gasteiger partial charge in [-0.1, -0.05) is 24.3 Å². The lowest BCUT2D eigenvalue weighted by Crippen LogP contribution is -2.04. The molecule has 0 saturated carbocycles. The number of aromatic nitrogens is 1. The fourth-order valence-electron chi connectivity index (χ4n) is 3.04. The van der Waals surface area contributed by atoms with Crippen LogP contribution in [0.2, 0.25) is 0 Å². The second-order valence-corrected chi connectivity index (χ2v) is 6.65. The summed E-state index contributed by atoms with van der Waals surface area (Å²) in [6.07, 6.45) is 4.45. The van der Waals surface area contributed by atoms with E-state index >= 15 is 0 Å². The van der Waals surface area contributed by atoms with E-state index in [0.29, 0.717) is 13.2 Å². The van der Waals surface area contributed by atoms with Crippen LogP contribution >= 0.6 is 0 Å². The standard InChI is InChI=1S/C24H27NO3/c1-4-8-20-17-21(26-3)13-14-22(20)27-15-5-6-16-28-23-10-7-9-19-12-11-18(2)25-24(19)23/h4,7,9-14,17H,1,5-6,8,15-16H2,2-3H3. The van der Waals surface area contributed by atoms with Crippen LogP contribution in [0.5, 0.6) is 17.2 Å². The molecule has 0 spiro atoms. The normalized spacial score (nSPS) is 10.6. The molecule has 0 bridgehead atoms. The summed E-state index contributed by atoms with van der Waals surface area (Å²) < 4.78 is 17.2. The molecular weight excluding hydrogens is 350 g/mol. The number of rotatable bonds is 10. The molecule has 28 heavy (non-hydrogen) atoms. The third kappa shape index (κ3) is 5.03. The molecule has 0 amide bonds. The molecule has 0 fully saturated rings. The maximum absolute atomic E-state index is 5.97. The van der Waals surface area contributed by atoms with Gasteiger partial charge in [-0.15, -0.1) is 6.58 Å². The average molecular weight is 377 g/mol. The number of allylic oxidation sites excluding steroid dienone is 1. The third-order valence-corrected chi connectivity index (χ3v) is 4.51. The third-order valence-electron chi connectivity index (χ3n) is 4.51. The quantitative estimate of drug-likeness (QED) is 0.345. The van der Waals surface area contributed by atoms with Gasteiger partial charge in [0.2, 0.25) is 0 Å². The van der Waals surface area contributed by atoms with Gasteiger partial charge in [0.15, 0.2) is 0 Å². The Hall–Kier alpha value is -3.01. The van der Waals surface area contributed by atoms with Crippen LogP contribution in [-0.2, 0) is 6.42 Å². The van der Waals surface area contributed by atoms with E-state index in [1.165, 1.54) is 0 Å². The highest BCUT2D eigenvalue weighted by Crippen LogP contribution is 2.26. The summed E-state index contributed by atoms with van der Waals surface area (Å²) in [4.78, 5) is 4.60. The summed E-state index contributed by atoms with van der Waals surface area (Å²) in [5, 5.41) is 1.10. The lowest BCUT2D eigenvalue weighted by Gasteiger charge is -2.12. The van der Waals surface area contributed by atoms with E-state index in [1.54, 1.807) is 7.11 Å². The van der Waals surface area contributed by atoms with Crippen molar-refractivity contribution in [3.63, 3.8) is 0 Å². The van der Waals surface area contributed by atoms with Crippen LogP contribution in [0.1, 0.15) is 24.1 Å². The van der Waals surface area contributed by atoms with E-state index in [0.717, 1.165) is 58.7 Å². The lowest BCUT2D eigenvalue weighted by atomic mass is 10.1. The zero-order valence-corrected chi connectivity index (χ0v) is 16.6. The largest absolute Gasteiger partial charge is 0.497 e. The molecule has 1 heterocycles. The van der Waals surface area contributed by atoms with Crippen LogP contribution in [-0.4, -0.2) is 25.3 Å². The predicted molar refractivity (Wildman–Crippen MR) is 114 cm³/mol. The fraction of sp³-hybridized carbons (Fsp3) is 0.292. The van der Waals surface area contributed by atoms with Crippen LogP contribution in [0.15, 0.2) is 61.2 Å². The van der Waals surface area contributed by atoms with Gasteiger partial charge in [-0.05, 0) is 56.5 Å². The molecule has 146 valence electrons. The lowest BCUT2D eigenvalue weighted by molar-refractivity contribution is 0.266. The van der Waals surface area contributed by atoms with Crippen molar-refractivity contribution in [3.05, 3.63) is 72.4 Å². The highest BCUT2D eigenvalue weighted by molar-refractivity contribution is 5.84. The van der Waals surface area contributed by atoms with Gasteiger partial charge in [0.05, 0.1) is 20.3 Å². The first-order valence-corrected chi connectivity index (χ1v) is 9.61. The molecule has 0 unspecified atom stereocenters. The molecule has 2 aromatic carbocycles. The molecule has 0 aliphatic rings. The Balaban J connectivity index is 1.48. The number of ether oxygens (including phenoxy) is 3. The maximum Gasteiger partial charge on any atom is 0.145 e. The SMILES string of the molecule is C=CCc1cc(OC)ccc1OCCCCOc1cccc2ccc(C)nc12. The number of fused-ring (bicyclic) bond motifs is 1. The van der Waals surface area contributed by atoms with Gasteiger partial charge in [-0.3, -0.25) is 0 Å². The number of aryl methyl sites for hydroxylation is 1. The van der Waals surface area contributed by atoms with Crippen molar-refractivity contribution >= 4 is 10.9 Å². The first-order chi connectivity index (χ1) is 13.7. The summed E-state index contributed by atoms with van der Waals surface area (Å²) in [5.41, 5.74) is 3.00. The van der Waals surface area contributed by atoms with Crippen LogP contribution in [0, 0.1) is 6.92 Å². The molecule has 3 aromatic rings. The first kappa shape index (κ1) is 19.7. The Morgan fingerprint density at radius 3 is 2.50 bits per heavy atom. The number of benzene rings is 2. The summed E-state index contributed by atoms with van der Waals surface area (Å²) >= 11 is 0. The number of methoxy groups -OCH3 is 1. The highest BCUT2D eigenvalue weighted by Gasteiger charge is 2.06. The number of hydrogen-bond donors (Lipinski definition) is 0. The van der Waals surface area contributed by atoms with Gasteiger partial charge in [0, 0.05) is 16.6 Å². The molecule has 0 aliphatic carbocycles. The summed E-state index contributed by atoms with van der Waals surface area (Å²) in [6, 6.07) is 16.0. The Bertz CT molecular complexity index is 936. The van der Waals surface area contributed by atoms with Crippen LogP contribution < -0.4 is 14.2 Å². The Morgan fingerprint density at radius 2 is 1.75 bits per heavy atom. The van der Waals surface area contributed by atoms with Crippen molar-refractivity contribution in [2.45, 2.75) is 26.2 Å². The van der Waals surface area contributed by atoms with Crippen molar-refractivity contribution < 1.29 is 14.2 Å². The van der Waals surface area contributed by atoms with Crippen molar-refractivity contribution in [1.82, 2.24) is 4.98 Å². The molecular formula is C24H27NO3. The molecule has 0 saturated heterocycles. The minimum atomic E-state index is 0.639. The first-order valence-electron chi connectivity index (χ1n) is 9.61. The van der Waals surface area contributed by atoms with E-state index in [9.17, 15) is 0 Å². The minimum absolute atomic E-state index is 0.639. The topological polar surface area (TPSA) is 40.6 Å². The number of unbranched alkanes of at least 4 members (excludes halogenated alkanes) is 1. The molecule has 0 atom stereocenters. The van der Waals surface area contributed by atoms with Crippen LogP contribution in [0.3, 0.4) is 0 Å². The van der Waals surface area contributed by atoms with Gasteiger partial charge >= 0.3 is 0 Å². The predicted octanol–water partition coefficient (Wildman–Crippen LogP) is 5.52.